The lowest BCUT2D eigenvalue weighted by Crippen LogP contribution is -2.41. The van der Waals surface area contributed by atoms with Gasteiger partial charge < -0.3 is 14.2 Å². The van der Waals surface area contributed by atoms with Crippen LogP contribution in [0, 0.1) is 12.8 Å². The van der Waals surface area contributed by atoms with Crippen LogP contribution in [-0.2, 0) is 36.6 Å². The fraction of sp³-hybridized carbons (Fsp3) is 0.667. The quantitative estimate of drug-likeness (QED) is 0.608. The molecular formula is C24H34O5. The molecule has 29 heavy (non-hydrogen) atoms. The topological polar surface area (TPSA) is 61.8 Å². The van der Waals surface area contributed by atoms with E-state index in [2.05, 4.69) is 26.0 Å². The van der Waals surface area contributed by atoms with E-state index < -0.39 is 12.0 Å². The lowest BCUT2D eigenvalue weighted by Gasteiger charge is -2.33. The molecule has 0 amide bonds. The zero-order valence-electron chi connectivity index (χ0n) is 18.2. The van der Waals surface area contributed by atoms with Gasteiger partial charge in [0.05, 0.1) is 25.0 Å². The fourth-order valence-electron chi connectivity index (χ4n) is 4.52. The summed E-state index contributed by atoms with van der Waals surface area (Å²) in [7, 11) is 1.66. The molecule has 0 saturated heterocycles. The van der Waals surface area contributed by atoms with Crippen LogP contribution in [0.1, 0.15) is 74.1 Å². The van der Waals surface area contributed by atoms with E-state index in [1.165, 1.54) is 29.5 Å². The van der Waals surface area contributed by atoms with E-state index in [0.29, 0.717) is 25.4 Å². The number of ether oxygens (including phenoxy) is 3. The molecule has 0 N–H and O–H groups in total. The molecule has 0 radical (unpaired) electrons. The molecule has 2 fully saturated rings. The fourth-order valence-corrected chi connectivity index (χ4v) is 4.52. The molecule has 2 saturated carbocycles. The predicted octanol–water partition coefficient (Wildman–Crippen LogP) is 4.27. The van der Waals surface area contributed by atoms with Gasteiger partial charge in [-0.05, 0) is 75.0 Å². The van der Waals surface area contributed by atoms with Crippen molar-refractivity contribution in [2.45, 2.75) is 83.8 Å². The third-order valence-electron chi connectivity index (χ3n) is 6.18. The van der Waals surface area contributed by atoms with Gasteiger partial charge in [0, 0.05) is 7.11 Å². The normalized spacial score (nSPS) is 24.2. The van der Waals surface area contributed by atoms with E-state index in [-0.39, 0.29) is 24.5 Å². The molecule has 0 bridgehead atoms. The van der Waals surface area contributed by atoms with Crippen molar-refractivity contribution in [3.63, 3.8) is 0 Å². The average Bonchev–Trinajstić information content (AvgIpc) is 3.54. The molecule has 0 aromatic heterocycles. The molecule has 5 heteroatoms. The average molecular weight is 403 g/mol. The minimum absolute atomic E-state index is 0.00428. The van der Waals surface area contributed by atoms with Crippen LogP contribution in [0.25, 0.3) is 0 Å². The molecule has 1 aromatic rings. The Hall–Kier alpha value is -1.88. The van der Waals surface area contributed by atoms with E-state index in [1.807, 2.05) is 0 Å². The molecule has 2 aliphatic rings. The number of hydrogen-bond acceptors (Lipinski definition) is 5. The summed E-state index contributed by atoms with van der Waals surface area (Å²) in [5, 5.41) is 0. The number of carbonyl (C=O) groups is 2. The van der Waals surface area contributed by atoms with Gasteiger partial charge in [0.1, 0.15) is 6.10 Å². The molecule has 2 aliphatic carbocycles. The van der Waals surface area contributed by atoms with Crippen LogP contribution >= 0.6 is 0 Å². The number of aryl methyl sites for hydroxylation is 2. The smallest absolute Gasteiger partial charge is 0.312 e. The monoisotopic (exact) mass is 402 g/mol. The van der Waals surface area contributed by atoms with Gasteiger partial charge in [0.15, 0.2) is 0 Å². The second kappa shape index (κ2) is 9.75. The summed E-state index contributed by atoms with van der Waals surface area (Å²) in [6.07, 6.45) is 5.06. The SMILES string of the molecule is CCOC(=O)C1CC(OC)CCC1OC(=O)Cc1c(CC)cc(C)cc1C1CC1. The molecular weight excluding hydrogens is 368 g/mol. The number of methoxy groups -OCH3 is 1. The van der Waals surface area contributed by atoms with Gasteiger partial charge in [-0.1, -0.05) is 24.6 Å². The van der Waals surface area contributed by atoms with Gasteiger partial charge in [-0.25, -0.2) is 0 Å². The molecule has 0 heterocycles. The van der Waals surface area contributed by atoms with Crippen LogP contribution in [0.3, 0.4) is 0 Å². The third-order valence-corrected chi connectivity index (χ3v) is 6.18. The summed E-state index contributed by atoms with van der Waals surface area (Å²) < 4.78 is 16.5. The number of benzene rings is 1. The minimum atomic E-state index is -0.454. The van der Waals surface area contributed by atoms with Crippen molar-refractivity contribution in [3.05, 3.63) is 34.4 Å². The van der Waals surface area contributed by atoms with Crippen molar-refractivity contribution in [3.8, 4) is 0 Å². The van der Waals surface area contributed by atoms with Crippen LogP contribution in [-0.4, -0.2) is 37.9 Å². The van der Waals surface area contributed by atoms with E-state index in [1.54, 1.807) is 14.0 Å². The van der Waals surface area contributed by atoms with Crippen LogP contribution in [0.5, 0.6) is 0 Å². The lowest BCUT2D eigenvalue weighted by molar-refractivity contribution is -0.167. The largest absolute Gasteiger partial charge is 0.466 e. The standard InChI is InChI=1S/C24H34O5/c1-5-16-11-15(3)12-19(17-7-8-17)20(16)14-23(25)29-22-10-9-18(27-4)13-21(22)24(26)28-6-2/h11-12,17-18,21-22H,5-10,13-14H2,1-4H3. The van der Waals surface area contributed by atoms with Crippen LogP contribution < -0.4 is 0 Å². The maximum absolute atomic E-state index is 12.9. The number of rotatable bonds is 8. The summed E-state index contributed by atoms with van der Waals surface area (Å²) in [5.74, 6) is -0.424. The molecule has 1 aromatic carbocycles. The summed E-state index contributed by atoms with van der Waals surface area (Å²) in [6.45, 7) is 6.36. The van der Waals surface area contributed by atoms with Gasteiger partial charge in [0.25, 0.3) is 0 Å². The van der Waals surface area contributed by atoms with E-state index in [0.717, 1.165) is 18.4 Å². The summed E-state index contributed by atoms with van der Waals surface area (Å²) >= 11 is 0. The van der Waals surface area contributed by atoms with Crippen LogP contribution in [0.2, 0.25) is 0 Å². The van der Waals surface area contributed by atoms with Crippen molar-refractivity contribution < 1.29 is 23.8 Å². The highest BCUT2D eigenvalue weighted by molar-refractivity contribution is 5.76. The van der Waals surface area contributed by atoms with Crippen molar-refractivity contribution in [1.29, 1.82) is 0 Å². The number of carbonyl (C=O) groups excluding carboxylic acids is 2. The second-order valence-electron chi connectivity index (χ2n) is 8.35. The third kappa shape index (κ3) is 5.39. The Balaban J connectivity index is 1.73. The molecule has 5 nitrogen and oxygen atoms in total. The highest BCUT2D eigenvalue weighted by atomic mass is 16.6. The Kier molecular flexibility index (Phi) is 7.33. The lowest BCUT2D eigenvalue weighted by atomic mass is 9.84. The summed E-state index contributed by atoms with van der Waals surface area (Å²) in [5.41, 5.74) is 4.92. The van der Waals surface area contributed by atoms with Crippen molar-refractivity contribution >= 4 is 11.9 Å². The highest BCUT2D eigenvalue weighted by Crippen LogP contribution is 2.43. The molecule has 3 atom stereocenters. The van der Waals surface area contributed by atoms with Gasteiger partial charge in [-0.2, -0.15) is 0 Å². The first-order valence-electron chi connectivity index (χ1n) is 11.0. The molecule has 160 valence electrons. The number of hydrogen-bond donors (Lipinski definition) is 0. The first-order chi connectivity index (χ1) is 14.0. The van der Waals surface area contributed by atoms with Crippen LogP contribution in [0.15, 0.2) is 12.1 Å². The van der Waals surface area contributed by atoms with E-state index >= 15 is 0 Å². The maximum Gasteiger partial charge on any atom is 0.312 e. The first kappa shape index (κ1) is 21.8. The molecule has 0 spiro atoms. The van der Waals surface area contributed by atoms with Crippen molar-refractivity contribution in [2.24, 2.45) is 5.92 Å². The van der Waals surface area contributed by atoms with Gasteiger partial charge in [0.2, 0.25) is 0 Å². The summed E-state index contributed by atoms with van der Waals surface area (Å²) in [4.78, 5) is 25.3. The molecule has 0 aliphatic heterocycles. The second-order valence-corrected chi connectivity index (χ2v) is 8.35. The van der Waals surface area contributed by atoms with Crippen molar-refractivity contribution in [1.82, 2.24) is 0 Å². The first-order valence-corrected chi connectivity index (χ1v) is 11.0. The van der Waals surface area contributed by atoms with Crippen LogP contribution in [0.4, 0.5) is 0 Å². The Bertz CT molecular complexity index is 737. The Labute approximate surface area is 174 Å². The Morgan fingerprint density at radius 1 is 1.10 bits per heavy atom. The molecule has 3 unspecified atom stereocenters. The predicted molar refractivity (Wildman–Crippen MR) is 111 cm³/mol. The maximum atomic E-state index is 12.9. The summed E-state index contributed by atoms with van der Waals surface area (Å²) in [6, 6.07) is 4.41. The van der Waals surface area contributed by atoms with E-state index in [4.69, 9.17) is 14.2 Å². The van der Waals surface area contributed by atoms with Crippen molar-refractivity contribution in [2.75, 3.05) is 13.7 Å². The Morgan fingerprint density at radius 2 is 1.86 bits per heavy atom. The number of esters is 2. The van der Waals surface area contributed by atoms with Gasteiger partial charge in [-0.15, -0.1) is 0 Å². The van der Waals surface area contributed by atoms with Gasteiger partial charge >= 0.3 is 11.9 Å². The Morgan fingerprint density at radius 3 is 2.48 bits per heavy atom. The van der Waals surface area contributed by atoms with Gasteiger partial charge in [-0.3, -0.25) is 9.59 Å². The minimum Gasteiger partial charge on any atom is -0.466 e. The zero-order chi connectivity index (χ0) is 21.0. The molecule has 3 rings (SSSR count). The zero-order valence-corrected chi connectivity index (χ0v) is 18.2. The highest BCUT2D eigenvalue weighted by Gasteiger charge is 2.39. The van der Waals surface area contributed by atoms with E-state index in [9.17, 15) is 9.59 Å².